The number of thioether (sulfide) groups is 1. The van der Waals surface area contributed by atoms with Crippen molar-refractivity contribution in [3.05, 3.63) is 77.3 Å². The summed E-state index contributed by atoms with van der Waals surface area (Å²) in [5.74, 6) is 0.689. The Morgan fingerprint density at radius 1 is 1.30 bits per heavy atom. The standard InChI is InChI=1S/C21H20ClFN4O2S/c1-3-10-27-19(12-29-18-11-14(2)4-9-17(18)22)25-26-21(27)30-13-20(28)24-16-7-5-15(23)6-8-16/h3-9,11H,1,10,12-13H2,2H3,(H,24,28). The van der Waals surface area contributed by atoms with Gasteiger partial charge in [0, 0.05) is 12.2 Å². The summed E-state index contributed by atoms with van der Waals surface area (Å²) in [7, 11) is 0. The Bertz CT molecular complexity index is 1040. The number of benzene rings is 2. The Kier molecular flexibility index (Phi) is 7.48. The van der Waals surface area contributed by atoms with Gasteiger partial charge in [0.15, 0.2) is 11.0 Å². The number of aryl methyl sites for hydroxylation is 1. The van der Waals surface area contributed by atoms with E-state index in [1.54, 1.807) is 12.1 Å². The molecule has 1 heterocycles. The zero-order chi connectivity index (χ0) is 21.5. The number of allylic oxidation sites excluding steroid dienone is 1. The van der Waals surface area contributed by atoms with Crippen LogP contribution in [0.15, 0.2) is 60.3 Å². The van der Waals surface area contributed by atoms with Crippen molar-refractivity contribution in [2.45, 2.75) is 25.2 Å². The van der Waals surface area contributed by atoms with E-state index in [4.69, 9.17) is 16.3 Å². The first kappa shape index (κ1) is 21.9. The molecule has 3 aromatic rings. The lowest BCUT2D eigenvalue weighted by Gasteiger charge is -2.10. The Labute approximate surface area is 183 Å². The molecule has 0 aliphatic heterocycles. The van der Waals surface area contributed by atoms with Crippen LogP contribution in [0, 0.1) is 12.7 Å². The summed E-state index contributed by atoms with van der Waals surface area (Å²) >= 11 is 7.41. The molecule has 0 bridgehead atoms. The maximum Gasteiger partial charge on any atom is 0.234 e. The van der Waals surface area contributed by atoms with Crippen molar-refractivity contribution in [1.82, 2.24) is 14.8 Å². The molecule has 1 N–H and O–H groups in total. The largest absolute Gasteiger partial charge is 0.484 e. The van der Waals surface area contributed by atoms with Crippen LogP contribution in [0.4, 0.5) is 10.1 Å². The molecule has 30 heavy (non-hydrogen) atoms. The average molecular weight is 447 g/mol. The molecular formula is C21H20ClFN4O2S. The third-order valence-electron chi connectivity index (χ3n) is 4.01. The van der Waals surface area contributed by atoms with E-state index in [9.17, 15) is 9.18 Å². The summed E-state index contributed by atoms with van der Waals surface area (Å²) in [6.45, 7) is 6.36. The Hall–Kier alpha value is -2.84. The second-order valence-corrected chi connectivity index (χ2v) is 7.71. The predicted molar refractivity (Wildman–Crippen MR) is 116 cm³/mol. The number of rotatable bonds is 9. The monoisotopic (exact) mass is 446 g/mol. The van der Waals surface area contributed by atoms with Crippen LogP contribution in [0.1, 0.15) is 11.4 Å². The molecule has 0 fully saturated rings. The van der Waals surface area contributed by atoms with E-state index in [2.05, 4.69) is 22.1 Å². The number of hydrogen-bond donors (Lipinski definition) is 1. The number of amides is 1. The van der Waals surface area contributed by atoms with Crippen LogP contribution < -0.4 is 10.1 Å². The van der Waals surface area contributed by atoms with Crippen molar-refractivity contribution in [3.8, 4) is 5.75 Å². The van der Waals surface area contributed by atoms with Gasteiger partial charge in [0.25, 0.3) is 0 Å². The summed E-state index contributed by atoms with van der Waals surface area (Å²) in [5, 5.41) is 12.1. The topological polar surface area (TPSA) is 69.0 Å². The lowest BCUT2D eigenvalue weighted by atomic mass is 10.2. The molecule has 6 nitrogen and oxygen atoms in total. The quantitative estimate of drug-likeness (QED) is 0.375. The third kappa shape index (κ3) is 5.84. The van der Waals surface area contributed by atoms with Crippen molar-refractivity contribution >= 4 is 35.0 Å². The smallest absolute Gasteiger partial charge is 0.234 e. The number of ether oxygens (including phenoxy) is 1. The van der Waals surface area contributed by atoms with Crippen molar-refractivity contribution in [2.75, 3.05) is 11.1 Å². The molecule has 0 unspecified atom stereocenters. The highest BCUT2D eigenvalue weighted by molar-refractivity contribution is 7.99. The normalized spacial score (nSPS) is 10.6. The molecule has 0 spiro atoms. The number of anilines is 1. The number of carbonyl (C=O) groups excluding carboxylic acids is 1. The summed E-state index contributed by atoms with van der Waals surface area (Å²) in [4.78, 5) is 12.2. The summed E-state index contributed by atoms with van der Waals surface area (Å²) in [6.07, 6.45) is 1.72. The van der Waals surface area contributed by atoms with E-state index in [1.165, 1.54) is 36.0 Å². The van der Waals surface area contributed by atoms with Crippen LogP contribution in [0.2, 0.25) is 5.02 Å². The first-order valence-electron chi connectivity index (χ1n) is 9.06. The first-order valence-corrected chi connectivity index (χ1v) is 10.4. The SMILES string of the molecule is C=CCn1c(COc2cc(C)ccc2Cl)nnc1SCC(=O)Nc1ccc(F)cc1. The summed E-state index contributed by atoms with van der Waals surface area (Å²) < 4.78 is 20.6. The zero-order valence-electron chi connectivity index (χ0n) is 16.3. The molecule has 9 heteroatoms. The molecule has 2 aromatic carbocycles. The van der Waals surface area contributed by atoms with Crippen LogP contribution in [-0.2, 0) is 17.9 Å². The zero-order valence-corrected chi connectivity index (χ0v) is 17.8. The molecule has 0 aliphatic carbocycles. The van der Waals surface area contributed by atoms with Gasteiger partial charge in [-0.15, -0.1) is 16.8 Å². The minimum absolute atomic E-state index is 0.122. The summed E-state index contributed by atoms with van der Waals surface area (Å²) in [6, 6.07) is 11.1. The Balaban J connectivity index is 1.63. The van der Waals surface area contributed by atoms with Crippen molar-refractivity contribution in [1.29, 1.82) is 0 Å². The number of carbonyl (C=O) groups is 1. The number of halogens is 2. The van der Waals surface area contributed by atoms with Gasteiger partial charge in [-0.2, -0.15) is 0 Å². The molecular weight excluding hydrogens is 427 g/mol. The lowest BCUT2D eigenvalue weighted by molar-refractivity contribution is -0.113. The van der Waals surface area contributed by atoms with E-state index < -0.39 is 0 Å². The van der Waals surface area contributed by atoms with Crippen LogP contribution in [0.25, 0.3) is 0 Å². The molecule has 0 aliphatic rings. The second kappa shape index (κ2) is 10.3. The molecule has 1 aromatic heterocycles. The van der Waals surface area contributed by atoms with Gasteiger partial charge in [-0.3, -0.25) is 9.36 Å². The van der Waals surface area contributed by atoms with E-state index in [0.29, 0.717) is 34.0 Å². The average Bonchev–Trinajstić information content (AvgIpc) is 3.11. The van der Waals surface area contributed by atoms with Gasteiger partial charge in [-0.1, -0.05) is 35.5 Å². The Morgan fingerprint density at radius 2 is 2.07 bits per heavy atom. The first-order chi connectivity index (χ1) is 14.5. The van der Waals surface area contributed by atoms with E-state index in [-0.39, 0.29) is 24.1 Å². The highest BCUT2D eigenvalue weighted by Gasteiger charge is 2.15. The maximum atomic E-state index is 13.0. The fraction of sp³-hybridized carbons (Fsp3) is 0.190. The lowest BCUT2D eigenvalue weighted by Crippen LogP contribution is -2.15. The number of aromatic nitrogens is 3. The van der Waals surface area contributed by atoms with Gasteiger partial charge in [0.1, 0.15) is 18.2 Å². The molecule has 1 amide bonds. The minimum atomic E-state index is -0.360. The van der Waals surface area contributed by atoms with Gasteiger partial charge in [-0.05, 0) is 48.9 Å². The Morgan fingerprint density at radius 3 is 2.80 bits per heavy atom. The van der Waals surface area contributed by atoms with Gasteiger partial charge in [0.2, 0.25) is 5.91 Å². The highest BCUT2D eigenvalue weighted by atomic mass is 35.5. The number of hydrogen-bond acceptors (Lipinski definition) is 5. The van der Waals surface area contributed by atoms with E-state index >= 15 is 0 Å². The molecule has 156 valence electrons. The van der Waals surface area contributed by atoms with Crippen LogP contribution >= 0.6 is 23.4 Å². The van der Waals surface area contributed by atoms with Gasteiger partial charge in [0.05, 0.1) is 10.8 Å². The second-order valence-electron chi connectivity index (χ2n) is 6.36. The fourth-order valence-corrected chi connectivity index (χ4v) is 3.51. The number of nitrogens with one attached hydrogen (secondary N) is 1. The van der Waals surface area contributed by atoms with E-state index in [0.717, 1.165) is 5.56 Å². The molecule has 0 saturated carbocycles. The fourth-order valence-electron chi connectivity index (χ4n) is 2.57. The molecule has 0 radical (unpaired) electrons. The van der Waals surface area contributed by atoms with Crippen molar-refractivity contribution in [2.24, 2.45) is 0 Å². The van der Waals surface area contributed by atoms with Crippen LogP contribution in [0.5, 0.6) is 5.75 Å². The highest BCUT2D eigenvalue weighted by Crippen LogP contribution is 2.26. The van der Waals surface area contributed by atoms with Gasteiger partial charge in [-0.25, -0.2) is 4.39 Å². The molecule has 0 atom stereocenters. The molecule has 3 rings (SSSR count). The predicted octanol–water partition coefficient (Wildman–Crippen LogP) is 4.87. The van der Waals surface area contributed by atoms with Crippen molar-refractivity contribution in [3.63, 3.8) is 0 Å². The number of nitrogens with zero attached hydrogens (tertiary/aromatic N) is 3. The maximum absolute atomic E-state index is 13.0. The minimum Gasteiger partial charge on any atom is -0.484 e. The van der Waals surface area contributed by atoms with E-state index in [1.807, 2.05) is 23.6 Å². The van der Waals surface area contributed by atoms with Crippen LogP contribution in [0.3, 0.4) is 0 Å². The van der Waals surface area contributed by atoms with Gasteiger partial charge < -0.3 is 10.1 Å². The summed E-state index contributed by atoms with van der Waals surface area (Å²) in [5.41, 5.74) is 1.56. The third-order valence-corrected chi connectivity index (χ3v) is 5.29. The van der Waals surface area contributed by atoms with Gasteiger partial charge >= 0.3 is 0 Å². The van der Waals surface area contributed by atoms with Crippen molar-refractivity contribution < 1.29 is 13.9 Å². The van der Waals surface area contributed by atoms with Crippen LogP contribution in [-0.4, -0.2) is 26.4 Å². The molecule has 0 saturated heterocycles.